The van der Waals surface area contributed by atoms with Gasteiger partial charge < -0.3 is 5.32 Å². The molecule has 0 spiro atoms. The summed E-state index contributed by atoms with van der Waals surface area (Å²) in [5.74, 6) is 0.837. The molecule has 2 heterocycles. The number of fused-ring (bicyclic) bond motifs is 1. The fraction of sp³-hybridized carbons (Fsp3) is 0.423. The third-order valence-corrected chi connectivity index (χ3v) is 8.82. The molecular weight excluding hydrogens is 464 g/mol. The lowest BCUT2D eigenvalue weighted by molar-refractivity contribution is -0.121. The Bertz CT molecular complexity index is 1380. The largest absolute Gasteiger partial charge is 0.356 e. The number of aryl methyl sites for hydroxylation is 1. The lowest BCUT2D eigenvalue weighted by Crippen LogP contribution is -2.41. The fourth-order valence-electron chi connectivity index (χ4n) is 4.74. The maximum atomic E-state index is 13.0. The van der Waals surface area contributed by atoms with Crippen LogP contribution in [-0.2, 0) is 21.2 Å². The van der Waals surface area contributed by atoms with Gasteiger partial charge in [-0.05, 0) is 55.9 Å². The van der Waals surface area contributed by atoms with Crippen molar-refractivity contribution in [2.24, 2.45) is 5.92 Å². The van der Waals surface area contributed by atoms with Crippen molar-refractivity contribution in [2.75, 3.05) is 19.6 Å². The molecule has 8 nitrogen and oxygen atoms in total. The van der Waals surface area contributed by atoms with Crippen LogP contribution in [0.1, 0.15) is 44.0 Å². The Morgan fingerprint density at radius 3 is 2.37 bits per heavy atom. The standard InChI is InChI=1S/C26H30N4O4S/c31-25(13-12-24-28-23-9-5-4-8-22(23)26(32)30(24)20-10-11-20)27-18-19-14-16-29(17-15-19)35(33,34)21-6-2-1-3-7-21/h1-9,19-20H,10-18H2,(H,27,31). The van der Waals surface area contributed by atoms with Gasteiger partial charge in [-0.2, -0.15) is 4.31 Å². The van der Waals surface area contributed by atoms with Crippen molar-refractivity contribution in [2.45, 2.75) is 49.5 Å². The molecule has 1 N–H and O–H groups in total. The second-order valence-corrected chi connectivity index (χ2v) is 11.4. The van der Waals surface area contributed by atoms with Gasteiger partial charge in [0.15, 0.2) is 0 Å². The molecule has 1 aliphatic carbocycles. The third-order valence-electron chi connectivity index (χ3n) is 6.91. The number of hydrogen-bond acceptors (Lipinski definition) is 5. The zero-order valence-electron chi connectivity index (χ0n) is 19.6. The summed E-state index contributed by atoms with van der Waals surface area (Å²) in [5, 5.41) is 3.62. The molecule has 0 unspecified atom stereocenters. The number of carbonyl (C=O) groups excluding carboxylic acids is 1. The topological polar surface area (TPSA) is 101 Å². The Balaban J connectivity index is 1.14. The van der Waals surface area contributed by atoms with Crippen molar-refractivity contribution < 1.29 is 13.2 Å². The number of rotatable bonds is 8. The van der Waals surface area contributed by atoms with Crippen LogP contribution in [0.4, 0.5) is 0 Å². The van der Waals surface area contributed by atoms with Gasteiger partial charge in [0.2, 0.25) is 15.9 Å². The van der Waals surface area contributed by atoms with Crippen LogP contribution >= 0.6 is 0 Å². The maximum Gasteiger partial charge on any atom is 0.261 e. The molecule has 0 atom stereocenters. The number of amides is 1. The SMILES string of the molecule is O=C(CCc1nc2ccccc2c(=O)n1C1CC1)NCC1CCN(S(=O)(=O)c2ccccc2)CC1. The fourth-order valence-corrected chi connectivity index (χ4v) is 6.24. The van der Waals surface area contributed by atoms with Crippen LogP contribution in [0, 0.1) is 5.92 Å². The minimum absolute atomic E-state index is 0.0225. The first-order chi connectivity index (χ1) is 16.9. The van der Waals surface area contributed by atoms with Gasteiger partial charge in [-0.25, -0.2) is 13.4 Å². The number of aromatic nitrogens is 2. The van der Waals surface area contributed by atoms with E-state index in [9.17, 15) is 18.0 Å². The Morgan fingerprint density at radius 2 is 1.66 bits per heavy atom. The minimum Gasteiger partial charge on any atom is -0.356 e. The quantitative estimate of drug-likeness (QED) is 0.519. The number of sulfonamides is 1. The molecule has 184 valence electrons. The summed E-state index contributed by atoms with van der Waals surface area (Å²) in [4.78, 5) is 30.6. The van der Waals surface area contributed by atoms with Gasteiger partial charge in [0.1, 0.15) is 5.82 Å². The predicted molar refractivity (Wildman–Crippen MR) is 134 cm³/mol. The summed E-state index contributed by atoms with van der Waals surface area (Å²) in [5.41, 5.74) is 0.646. The highest BCUT2D eigenvalue weighted by molar-refractivity contribution is 7.89. The lowest BCUT2D eigenvalue weighted by Gasteiger charge is -2.31. The summed E-state index contributed by atoms with van der Waals surface area (Å²) in [6, 6.07) is 16.0. The Morgan fingerprint density at radius 1 is 0.971 bits per heavy atom. The van der Waals surface area contributed by atoms with Gasteiger partial charge in [-0.15, -0.1) is 0 Å². The Hall–Kier alpha value is -3.04. The van der Waals surface area contributed by atoms with E-state index >= 15 is 0 Å². The minimum atomic E-state index is -3.47. The molecule has 0 radical (unpaired) electrons. The highest BCUT2D eigenvalue weighted by Crippen LogP contribution is 2.35. The van der Waals surface area contributed by atoms with E-state index in [1.165, 1.54) is 4.31 Å². The van der Waals surface area contributed by atoms with Crippen LogP contribution < -0.4 is 10.9 Å². The van der Waals surface area contributed by atoms with Crippen molar-refractivity contribution in [1.29, 1.82) is 0 Å². The third kappa shape index (κ3) is 5.16. The first-order valence-corrected chi connectivity index (χ1v) is 13.7. The Labute approximate surface area is 205 Å². The van der Waals surface area contributed by atoms with Crippen molar-refractivity contribution in [3.8, 4) is 0 Å². The van der Waals surface area contributed by atoms with Gasteiger partial charge in [-0.3, -0.25) is 14.2 Å². The average Bonchev–Trinajstić information content (AvgIpc) is 3.72. The van der Waals surface area contributed by atoms with Crippen LogP contribution in [-0.4, -0.2) is 47.8 Å². The van der Waals surface area contributed by atoms with Crippen molar-refractivity contribution >= 4 is 26.8 Å². The normalized spacial score (nSPS) is 17.5. The Kier molecular flexibility index (Phi) is 6.71. The molecule has 3 aromatic rings. The first kappa shape index (κ1) is 23.7. The van der Waals surface area contributed by atoms with Gasteiger partial charge in [0, 0.05) is 38.5 Å². The van der Waals surface area contributed by atoms with Crippen LogP contribution in [0.25, 0.3) is 10.9 Å². The highest BCUT2D eigenvalue weighted by Gasteiger charge is 2.30. The van der Waals surface area contributed by atoms with Gasteiger partial charge in [0.25, 0.3) is 5.56 Å². The van der Waals surface area contributed by atoms with Crippen molar-refractivity contribution in [3.63, 3.8) is 0 Å². The molecule has 1 saturated carbocycles. The smallest absolute Gasteiger partial charge is 0.261 e. The molecule has 5 rings (SSSR count). The van der Waals surface area contributed by atoms with Crippen LogP contribution in [0.3, 0.4) is 0 Å². The van der Waals surface area contributed by atoms with E-state index in [0.29, 0.717) is 60.5 Å². The van der Waals surface area contributed by atoms with E-state index in [2.05, 4.69) is 5.32 Å². The monoisotopic (exact) mass is 494 g/mol. The van der Waals surface area contributed by atoms with Crippen LogP contribution in [0.2, 0.25) is 0 Å². The van der Waals surface area contributed by atoms with E-state index in [-0.39, 0.29) is 29.8 Å². The van der Waals surface area contributed by atoms with Crippen molar-refractivity contribution in [3.05, 3.63) is 70.8 Å². The number of para-hydroxylation sites is 1. The summed E-state index contributed by atoms with van der Waals surface area (Å²) in [6.45, 7) is 1.43. The van der Waals surface area contributed by atoms with Crippen LogP contribution in [0.5, 0.6) is 0 Å². The molecule has 2 fully saturated rings. The van der Waals surface area contributed by atoms with Gasteiger partial charge in [0.05, 0.1) is 15.8 Å². The number of hydrogen-bond donors (Lipinski definition) is 1. The van der Waals surface area contributed by atoms with E-state index in [1.54, 1.807) is 41.0 Å². The molecule has 1 aliphatic heterocycles. The highest BCUT2D eigenvalue weighted by atomic mass is 32.2. The van der Waals surface area contributed by atoms with Crippen molar-refractivity contribution in [1.82, 2.24) is 19.2 Å². The van der Waals surface area contributed by atoms with E-state index in [0.717, 1.165) is 12.8 Å². The number of piperidine rings is 1. The predicted octanol–water partition coefficient (Wildman–Crippen LogP) is 2.88. The summed E-state index contributed by atoms with van der Waals surface area (Å²) in [7, 11) is -3.47. The molecule has 1 amide bonds. The van der Waals surface area contributed by atoms with Gasteiger partial charge in [-0.1, -0.05) is 30.3 Å². The van der Waals surface area contributed by atoms with E-state index in [1.807, 2.05) is 18.2 Å². The first-order valence-electron chi connectivity index (χ1n) is 12.3. The molecule has 35 heavy (non-hydrogen) atoms. The molecule has 2 aliphatic rings. The lowest BCUT2D eigenvalue weighted by atomic mass is 9.98. The van der Waals surface area contributed by atoms with E-state index in [4.69, 9.17) is 4.98 Å². The summed E-state index contributed by atoms with van der Waals surface area (Å²) in [6.07, 6.45) is 4.03. The molecular formula is C26H30N4O4S. The number of carbonyl (C=O) groups is 1. The zero-order chi connectivity index (χ0) is 24.4. The molecule has 0 bridgehead atoms. The van der Waals surface area contributed by atoms with E-state index < -0.39 is 10.0 Å². The van der Waals surface area contributed by atoms with Crippen LogP contribution in [0.15, 0.2) is 64.3 Å². The summed E-state index contributed by atoms with van der Waals surface area (Å²) >= 11 is 0. The average molecular weight is 495 g/mol. The number of benzene rings is 2. The summed E-state index contributed by atoms with van der Waals surface area (Å²) < 4.78 is 28.9. The number of nitrogens with zero attached hydrogens (tertiary/aromatic N) is 3. The zero-order valence-corrected chi connectivity index (χ0v) is 20.4. The van der Waals surface area contributed by atoms with Gasteiger partial charge >= 0.3 is 0 Å². The molecule has 1 saturated heterocycles. The molecule has 1 aromatic heterocycles. The molecule has 2 aromatic carbocycles. The molecule has 9 heteroatoms. The second-order valence-electron chi connectivity index (χ2n) is 9.42. The number of nitrogens with one attached hydrogen (secondary N) is 1. The second kappa shape index (κ2) is 9.91. The maximum absolute atomic E-state index is 13.0.